The molecule has 1 amide bonds. The maximum absolute atomic E-state index is 12.4. The van der Waals surface area contributed by atoms with Gasteiger partial charge in [-0.15, -0.1) is 0 Å². The summed E-state index contributed by atoms with van der Waals surface area (Å²) in [7, 11) is 0. The third kappa shape index (κ3) is 3.82. The predicted molar refractivity (Wildman–Crippen MR) is 90.1 cm³/mol. The van der Waals surface area contributed by atoms with Crippen LogP contribution in [0.1, 0.15) is 33.3 Å². The fourth-order valence-corrected chi connectivity index (χ4v) is 2.45. The summed E-state index contributed by atoms with van der Waals surface area (Å²) < 4.78 is 10.4. The SMILES string of the molecule is CCOC(=O)C1=C(C)N(C(=O)OCc2ccccc2)N=C(C)C1C. The number of hydrogen-bond donors (Lipinski definition) is 0. The van der Waals surface area contributed by atoms with Gasteiger partial charge in [0.15, 0.2) is 0 Å². The van der Waals surface area contributed by atoms with Crippen LogP contribution in [-0.4, -0.2) is 29.4 Å². The minimum atomic E-state index is -0.621. The third-order valence-corrected chi connectivity index (χ3v) is 3.90. The van der Waals surface area contributed by atoms with Gasteiger partial charge in [-0.3, -0.25) is 0 Å². The highest BCUT2D eigenvalue weighted by molar-refractivity contribution is 6.01. The molecule has 0 aliphatic carbocycles. The summed E-state index contributed by atoms with van der Waals surface area (Å²) in [6.07, 6.45) is -0.621. The molecule has 0 fully saturated rings. The van der Waals surface area contributed by atoms with Crippen molar-refractivity contribution in [3.05, 3.63) is 47.2 Å². The number of hydrogen-bond acceptors (Lipinski definition) is 5. The number of esters is 1. The lowest BCUT2D eigenvalue weighted by Crippen LogP contribution is -2.35. The molecular weight excluding hydrogens is 308 g/mol. The van der Waals surface area contributed by atoms with E-state index in [2.05, 4.69) is 5.10 Å². The van der Waals surface area contributed by atoms with E-state index in [0.717, 1.165) is 10.6 Å². The molecule has 1 aromatic rings. The van der Waals surface area contributed by atoms with Crippen LogP contribution in [0.5, 0.6) is 0 Å². The first-order valence-electron chi connectivity index (χ1n) is 7.89. The van der Waals surface area contributed by atoms with Gasteiger partial charge in [-0.05, 0) is 26.3 Å². The summed E-state index contributed by atoms with van der Waals surface area (Å²) >= 11 is 0. The van der Waals surface area contributed by atoms with Crippen molar-refractivity contribution in [3.63, 3.8) is 0 Å². The second kappa shape index (κ2) is 7.77. The van der Waals surface area contributed by atoms with E-state index in [1.165, 1.54) is 0 Å². The van der Waals surface area contributed by atoms with Crippen LogP contribution in [0.4, 0.5) is 4.79 Å². The molecule has 0 aromatic heterocycles. The van der Waals surface area contributed by atoms with E-state index in [-0.39, 0.29) is 19.1 Å². The number of allylic oxidation sites excluding steroid dienone is 1. The lowest BCUT2D eigenvalue weighted by Gasteiger charge is -2.28. The molecule has 1 atom stereocenters. The largest absolute Gasteiger partial charge is 0.463 e. The maximum atomic E-state index is 12.4. The Morgan fingerprint density at radius 1 is 1.17 bits per heavy atom. The zero-order chi connectivity index (χ0) is 17.7. The Labute approximate surface area is 141 Å². The van der Waals surface area contributed by atoms with Crippen LogP contribution in [0.25, 0.3) is 0 Å². The van der Waals surface area contributed by atoms with Gasteiger partial charge >= 0.3 is 12.1 Å². The number of hydrazone groups is 1. The van der Waals surface area contributed by atoms with E-state index in [1.807, 2.05) is 37.3 Å². The van der Waals surface area contributed by atoms with Gasteiger partial charge in [-0.2, -0.15) is 10.1 Å². The molecule has 1 aliphatic rings. The number of carbonyl (C=O) groups excluding carboxylic acids is 2. The summed E-state index contributed by atoms with van der Waals surface area (Å²) in [5, 5.41) is 5.39. The van der Waals surface area contributed by atoms with Gasteiger partial charge in [-0.1, -0.05) is 37.3 Å². The van der Waals surface area contributed by atoms with Crippen LogP contribution in [0, 0.1) is 5.92 Å². The van der Waals surface area contributed by atoms with Crippen molar-refractivity contribution < 1.29 is 19.1 Å². The first kappa shape index (κ1) is 17.7. The molecule has 0 N–H and O–H groups in total. The molecule has 1 unspecified atom stereocenters. The molecule has 0 radical (unpaired) electrons. The van der Waals surface area contributed by atoms with Gasteiger partial charge in [0.2, 0.25) is 0 Å². The predicted octanol–water partition coefficient (Wildman–Crippen LogP) is 3.49. The molecule has 0 bridgehead atoms. The van der Waals surface area contributed by atoms with Gasteiger partial charge in [0, 0.05) is 11.6 Å². The van der Waals surface area contributed by atoms with Crippen LogP contribution in [0.3, 0.4) is 0 Å². The fourth-order valence-electron chi connectivity index (χ4n) is 2.45. The lowest BCUT2D eigenvalue weighted by atomic mass is 9.93. The van der Waals surface area contributed by atoms with Crippen molar-refractivity contribution in [1.82, 2.24) is 5.01 Å². The maximum Gasteiger partial charge on any atom is 0.435 e. The Bertz CT molecular complexity index is 680. The van der Waals surface area contributed by atoms with Gasteiger partial charge in [0.1, 0.15) is 6.61 Å². The van der Waals surface area contributed by atoms with Crippen molar-refractivity contribution >= 4 is 17.8 Å². The van der Waals surface area contributed by atoms with Crippen LogP contribution in [0.2, 0.25) is 0 Å². The van der Waals surface area contributed by atoms with Crippen molar-refractivity contribution in [2.75, 3.05) is 6.61 Å². The average molecular weight is 330 g/mol. The summed E-state index contributed by atoms with van der Waals surface area (Å²) in [6.45, 7) is 7.46. The number of carbonyl (C=O) groups is 2. The molecule has 2 rings (SSSR count). The topological polar surface area (TPSA) is 68.2 Å². The minimum Gasteiger partial charge on any atom is -0.463 e. The van der Waals surface area contributed by atoms with E-state index in [4.69, 9.17) is 9.47 Å². The van der Waals surface area contributed by atoms with E-state index in [0.29, 0.717) is 17.0 Å². The van der Waals surface area contributed by atoms with E-state index < -0.39 is 12.1 Å². The molecule has 0 saturated heterocycles. The Kier molecular flexibility index (Phi) is 5.73. The van der Waals surface area contributed by atoms with E-state index >= 15 is 0 Å². The summed E-state index contributed by atoms with van der Waals surface area (Å²) in [5.41, 5.74) is 2.40. The van der Waals surface area contributed by atoms with Gasteiger partial charge < -0.3 is 9.47 Å². The zero-order valence-electron chi connectivity index (χ0n) is 14.4. The van der Waals surface area contributed by atoms with Gasteiger partial charge in [0.05, 0.1) is 17.9 Å². The second-order valence-corrected chi connectivity index (χ2v) is 5.53. The summed E-state index contributed by atoms with van der Waals surface area (Å²) in [5.74, 6) is -0.639. The van der Waals surface area contributed by atoms with Gasteiger partial charge in [-0.25, -0.2) is 9.59 Å². The lowest BCUT2D eigenvalue weighted by molar-refractivity contribution is -0.139. The molecule has 6 heteroatoms. The van der Waals surface area contributed by atoms with Crippen LogP contribution in [0.15, 0.2) is 46.7 Å². The first-order chi connectivity index (χ1) is 11.5. The molecule has 1 heterocycles. The molecule has 24 heavy (non-hydrogen) atoms. The molecular formula is C18H22N2O4. The smallest absolute Gasteiger partial charge is 0.435 e. The third-order valence-electron chi connectivity index (χ3n) is 3.90. The molecule has 1 aliphatic heterocycles. The number of nitrogens with zero attached hydrogens (tertiary/aromatic N) is 2. The summed E-state index contributed by atoms with van der Waals surface area (Å²) in [6, 6.07) is 9.37. The minimum absolute atomic E-state index is 0.141. The Balaban J connectivity index is 2.17. The van der Waals surface area contributed by atoms with Crippen LogP contribution < -0.4 is 0 Å². The van der Waals surface area contributed by atoms with E-state index in [9.17, 15) is 9.59 Å². The number of benzene rings is 1. The van der Waals surface area contributed by atoms with Crippen molar-refractivity contribution in [2.24, 2.45) is 11.0 Å². The Morgan fingerprint density at radius 3 is 2.46 bits per heavy atom. The monoisotopic (exact) mass is 330 g/mol. The Morgan fingerprint density at radius 2 is 1.83 bits per heavy atom. The standard InChI is InChI=1S/C18H22N2O4/c1-5-23-17(21)16-12(2)13(3)19-20(14(16)4)18(22)24-11-15-9-7-6-8-10-15/h6-10,12H,5,11H2,1-4H3. The van der Waals surface area contributed by atoms with Crippen LogP contribution >= 0.6 is 0 Å². The Hall–Kier alpha value is -2.63. The zero-order valence-corrected chi connectivity index (χ0v) is 14.4. The molecule has 6 nitrogen and oxygen atoms in total. The highest BCUT2D eigenvalue weighted by Crippen LogP contribution is 2.27. The molecule has 0 spiro atoms. The van der Waals surface area contributed by atoms with Crippen molar-refractivity contribution in [1.29, 1.82) is 0 Å². The van der Waals surface area contributed by atoms with Crippen molar-refractivity contribution in [2.45, 2.75) is 34.3 Å². The van der Waals surface area contributed by atoms with Crippen LogP contribution in [-0.2, 0) is 20.9 Å². The van der Waals surface area contributed by atoms with Crippen molar-refractivity contribution in [3.8, 4) is 0 Å². The fraction of sp³-hybridized carbons (Fsp3) is 0.389. The van der Waals surface area contributed by atoms with Gasteiger partial charge in [0.25, 0.3) is 0 Å². The highest BCUT2D eigenvalue weighted by Gasteiger charge is 2.33. The quantitative estimate of drug-likeness (QED) is 0.793. The average Bonchev–Trinajstić information content (AvgIpc) is 2.57. The summed E-state index contributed by atoms with van der Waals surface area (Å²) in [4.78, 5) is 24.6. The number of rotatable bonds is 4. The first-order valence-corrected chi connectivity index (χ1v) is 7.89. The molecule has 128 valence electrons. The second-order valence-electron chi connectivity index (χ2n) is 5.53. The van der Waals surface area contributed by atoms with E-state index in [1.54, 1.807) is 20.8 Å². The molecule has 0 saturated carbocycles. The highest BCUT2D eigenvalue weighted by atomic mass is 16.6. The molecule has 1 aromatic carbocycles. The number of amides is 1. The normalized spacial score (nSPS) is 17.4. The number of ether oxygens (including phenoxy) is 2.